The van der Waals surface area contributed by atoms with Gasteiger partial charge in [-0.2, -0.15) is 4.90 Å². The largest absolute Gasteiger partial charge is 0.497 e. The summed E-state index contributed by atoms with van der Waals surface area (Å²) in [5.74, 6) is 3.41. The van der Waals surface area contributed by atoms with Gasteiger partial charge in [-0.3, -0.25) is 4.58 Å². The zero-order valence-electron chi connectivity index (χ0n) is 16.1. The van der Waals surface area contributed by atoms with Crippen molar-refractivity contribution >= 4 is 11.5 Å². The van der Waals surface area contributed by atoms with Crippen LogP contribution in [0.25, 0.3) is 0 Å². The Morgan fingerprint density at radius 2 is 1.82 bits per heavy atom. The van der Waals surface area contributed by atoms with Gasteiger partial charge in [-0.15, -0.1) is 0 Å². The van der Waals surface area contributed by atoms with Crippen molar-refractivity contribution in [2.24, 2.45) is 0 Å². The number of fused-ring (bicyclic) bond motifs is 1. The third-order valence-electron chi connectivity index (χ3n) is 5.82. The van der Waals surface area contributed by atoms with Crippen molar-refractivity contribution in [1.82, 2.24) is 0 Å². The molecule has 0 saturated carbocycles. The summed E-state index contributed by atoms with van der Waals surface area (Å²) in [5, 5.41) is 12.0. The van der Waals surface area contributed by atoms with Crippen LogP contribution >= 0.6 is 0 Å². The number of nitrogens with zero attached hydrogens (tertiary/aromatic N) is 2. The molecule has 6 nitrogen and oxygen atoms in total. The Balaban J connectivity index is 1.60. The molecule has 0 spiro atoms. The van der Waals surface area contributed by atoms with Crippen molar-refractivity contribution in [2.45, 2.75) is 25.0 Å². The van der Waals surface area contributed by atoms with Gasteiger partial charge in [0.1, 0.15) is 24.7 Å². The zero-order valence-corrected chi connectivity index (χ0v) is 16.1. The molecule has 5 rings (SSSR count). The number of hydrogen-bond acceptors (Lipinski definition) is 5. The molecule has 0 radical (unpaired) electrons. The van der Waals surface area contributed by atoms with Gasteiger partial charge < -0.3 is 19.3 Å². The summed E-state index contributed by atoms with van der Waals surface area (Å²) in [6.45, 7) is 2.59. The Kier molecular flexibility index (Phi) is 4.16. The number of methoxy groups -OCH3 is 1. The first-order valence-electron chi connectivity index (χ1n) is 9.86. The topological polar surface area (TPSA) is 54.2 Å². The van der Waals surface area contributed by atoms with Crippen LogP contribution in [0.1, 0.15) is 24.8 Å². The minimum Gasteiger partial charge on any atom is -0.497 e. The molecular weight excluding hydrogens is 356 g/mol. The average Bonchev–Trinajstić information content (AvgIpc) is 3.06. The highest BCUT2D eigenvalue weighted by molar-refractivity contribution is 5.97. The number of aliphatic hydroxyl groups is 1. The van der Waals surface area contributed by atoms with Gasteiger partial charge in [0.05, 0.1) is 13.7 Å². The highest BCUT2D eigenvalue weighted by Crippen LogP contribution is 2.41. The van der Waals surface area contributed by atoms with E-state index >= 15 is 0 Å². The van der Waals surface area contributed by atoms with Crippen molar-refractivity contribution in [1.29, 1.82) is 0 Å². The maximum Gasteiger partial charge on any atom is 0.275 e. The molecule has 1 unspecified atom stereocenters. The lowest BCUT2D eigenvalue weighted by Crippen LogP contribution is -2.47. The molecule has 0 fully saturated rings. The van der Waals surface area contributed by atoms with E-state index in [0.717, 1.165) is 48.6 Å². The van der Waals surface area contributed by atoms with Crippen LogP contribution < -0.4 is 19.1 Å². The van der Waals surface area contributed by atoms with E-state index in [-0.39, 0.29) is 0 Å². The molecule has 2 aromatic carbocycles. The Morgan fingerprint density at radius 3 is 2.61 bits per heavy atom. The molecule has 3 aliphatic rings. The summed E-state index contributed by atoms with van der Waals surface area (Å²) in [6, 6.07) is 13.7. The third-order valence-corrected chi connectivity index (χ3v) is 5.82. The number of hydrogen-bond donors (Lipinski definition) is 1. The van der Waals surface area contributed by atoms with Crippen LogP contribution in [-0.2, 0) is 5.72 Å². The minimum absolute atomic E-state index is 0.528. The van der Waals surface area contributed by atoms with Crippen LogP contribution in [0.3, 0.4) is 0 Å². The number of rotatable bonds is 3. The number of ether oxygens (including phenoxy) is 3. The van der Waals surface area contributed by atoms with Gasteiger partial charge in [0, 0.05) is 12.0 Å². The Labute approximate surface area is 164 Å². The van der Waals surface area contributed by atoms with E-state index in [2.05, 4.69) is 9.48 Å². The molecule has 1 atom stereocenters. The van der Waals surface area contributed by atoms with E-state index in [4.69, 9.17) is 14.2 Å². The van der Waals surface area contributed by atoms with Gasteiger partial charge >= 0.3 is 0 Å². The lowest BCUT2D eigenvalue weighted by molar-refractivity contribution is -0.538. The van der Waals surface area contributed by atoms with Gasteiger partial charge in [0.15, 0.2) is 18.0 Å². The standard InChI is InChI=1S/C22H25N2O4/c1-26-18-8-6-17(7-9-18)24-21-4-2-3-11-23(21)15-22(24,25)16-5-10-19-20(14-16)28-13-12-27-19/h5-10,14,25H,2-4,11-13,15H2,1H3/q+1. The molecule has 3 aliphatic heterocycles. The van der Waals surface area contributed by atoms with Crippen LogP contribution in [0, 0.1) is 0 Å². The zero-order chi connectivity index (χ0) is 19.1. The molecule has 6 heteroatoms. The minimum atomic E-state index is -1.16. The molecule has 2 aromatic rings. The van der Waals surface area contributed by atoms with Crippen molar-refractivity contribution < 1.29 is 23.9 Å². The second kappa shape index (κ2) is 6.71. The summed E-state index contributed by atoms with van der Waals surface area (Å²) >= 11 is 0. The maximum absolute atomic E-state index is 12.0. The molecule has 0 amide bonds. The second-order valence-electron chi connectivity index (χ2n) is 7.50. The van der Waals surface area contributed by atoms with Crippen molar-refractivity contribution in [3.8, 4) is 17.2 Å². The molecule has 0 bridgehead atoms. The highest BCUT2D eigenvalue weighted by Gasteiger charge is 2.54. The summed E-state index contributed by atoms with van der Waals surface area (Å²) in [5.41, 5.74) is 0.608. The first-order valence-corrected chi connectivity index (χ1v) is 9.86. The third kappa shape index (κ3) is 2.71. The SMILES string of the molecule is COc1ccc(N2C3=[N+](CCCC3)CC2(O)c2ccc3c(c2)OCCO3)cc1. The first kappa shape index (κ1) is 17.4. The highest BCUT2D eigenvalue weighted by atomic mass is 16.6. The normalized spacial score (nSPS) is 23.6. The van der Waals surface area contributed by atoms with Crippen LogP contribution in [0.5, 0.6) is 17.2 Å². The van der Waals surface area contributed by atoms with Crippen molar-refractivity contribution in [2.75, 3.05) is 38.3 Å². The quantitative estimate of drug-likeness (QED) is 0.829. The predicted molar refractivity (Wildman–Crippen MR) is 106 cm³/mol. The fraction of sp³-hybridized carbons (Fsp3) is 0.409. The van der Waals surface area contributed by atoms with E-state index in [0.29, 0.717) is 25.5 Å². The molecule has 1 N–H and O–H groups in total. The maximum atomic E-state index is 12.0. The van der Waals surface area contributed by atoms with E-state index in [1.165, 1.54) is 5.84 Å². The van der Waals surface area contributed by atoms with Crippen LogP contribution in [0.15, 0.2) is 42.5 Å². The summed E-state index contributed by atoms with van der Waals surface area (Å²) in [4.78, 5) is 2.08. The molecule has 0 saturated heterocycles. The number of amidine groups is 1. The van der Waals surface area contributed by atoms with E-state index in [1.807, 2.05) is 42.5 Å². The molecule has 0 aromatic heterocycles. The van der Waals surface area contributed by atoms with Crippen LogP contribution in [0.4, 0.5) is 5.69 Å². The Bertz CT molecular complexity index is 925. The number of anilines is 1. The molecule has 0 aliphatic carbocycles. The smallest absolute Gasteiger partial charge is 0.275 e. The van der Waals surface area contributed by atoms with Crippen LogP contribution in [0.2, 0.25) is 0 Å². The van der Waals surface area contributed by atoms with Gasteiger partial charge in [0.25, 0.3) is 11.6 Å². The van der Waals surface area contributed by atoms with Gasteiger partial charge in [-0.1, -0.05) is 0 Å². The molecule has 28 heavy (non-hydrogen) atoms. The van der Waals surface area contributed by atoms with Crippen LogP contribution in [-0.4, -0.2) is 48.9 Å². The van der Waals surface area contributed by atoms with E-state index in [1.54, 1.807) is 7.11 Å². The lowest BCUT2D eigenvalue weighted by atomic mass is 9.99. The van der Waals surface area contributed by atoms with E-state index < -0.39 is 5.72 Å². The Morgan fingerprint density at radius 1 is 1.04 bits per heavy atom. The first-order chi connectivity index (χ1) is 13.7. The molecule has 146 valence electrons. The average molecular weight is 381 g/mol. The van der Waals surface area contributed by atoms with Gasteiger partial charge in [-0.05, 0) is 55.3 Å². The van der Waals surface area contributed by atoms with E-state index in [9.17, 15) is 5.11 Å². The monoisotopic (exact) mass is 381 g/mol. The number of benzene rings is 2. The fourth-order valence-corrected chi connectivity index (χ4v) is 4.45. The van der Waals surface area contributed by atoms with Crippen molar-refractivity contribution in [3.05, 3.63) is 48.0 Å². The molecule has 3 heterocycles. The predicted octanol–water partition coefficient (Wildman–Crippen LogP) is 2.73. The summed E-state index contributed by atoms with van der Waals surface area (Å²) < 4.78 is 19.0. The van der Waals surface area contributed by atoms with Gasteiger partial charge in [-0.25, -0.2) is 0 Å². The van der Waals surface area contributed by atoms with Crippen molar-refractivity contribution in [3.63, 3.8) is 0 Å². The lowest BCUT2D eigenvalue weighted by Gasteiger charge is -2.30. The van der Waals surface area contributed by atoms with Gasteiger partial charge in [0.2, 0.25) is 0 Å². The Hall–Kier alpha value is -2.73. The molecular formula is C22H25N2O4+. The fourth-order valence-electron chi connectivity index (χ4n) is 4.45. The second-order valence-corrected chi connectivity index (χ2v) is 7.50. The summed E-state index contributed by atoms with van der Waals surface area (Å²) in [6.07, 6.45) is 3.24. The summed E-state index contributed by atoms with van der Waals surface area (Å²) in [7, 11) is 1.66.